The molecule has 0 radical (unpaired) electrons. The average Bonchev–Trinajstić information content (AvgIpc) is 3.51. The number of aromatic nitrogens is 1. The first-order chi connectivity index (χ1) is 13.5. The first-order valence-electron chi connectivity index (χ1n) is 8.63. The van der Waals surface area contributed by atoms with E-state index in [0.717, 1.165) is 43.3 Å². The van der Waals surface area contributed by atoms with E-state index in [-0.39, 0.29) is 11.5 Å². The Hall–Kier alpha value is -2.62. The summed E-state index contributed by atoms with van der Waals surface area (Å²) in [6.07, 6.45) is -3.63. The monoisotopic (exact) mass is 418 g/mol. The summed E-state index contributed by atoms with van der Waals surface area (Å²) in [6, 6.07) is 6.39. The van der Waals surface area contributed by atoms with Crippen LogP contribution >= 0.6 is 0 Å². The molecule has 156 valence electrons. The highest BCUT2D eigenvalue weighted by Crippen LogP contribution is 2.48. The number of hydrogen-bond donors (Lipinski definition) is 2. The Morgan fingerprint density at radius 2 is 1.76 bits per heavy atom. The zero-order valence-corrected chi connectivity index (χ0v) is 14.8. The van der Waals surface area contributed by atoms with Gasteiger partial charge in [0.1, 0.15) is 5.82 Å². The Balaban J connectivity index is 1.91. The lowest BCUT2D eigenvalue weighted by molar-refractivity contribution is -0.337. The van der Waals surface area contributed by atoms with Crippen molar-refractivity contribution in [3.05, 3.63) is 65.2 Å². The highest BCUT2D eigenvalue weighted by Gasteiger charge is 2.73. The molecule has 1 saturated carbocycles. The summed E-state index contributed by atoms with van der Waals surface area (Å²) in [7, 11) is 0. The first-order valence-corrected chi connectivity index (χ1v) is 8.63. The van der Waals surface area contributed by atoms with Crippen LogP contribution in [0.25, 0.3) is 0 Å². The normalized spacial score (nSPS) is 16.9. The molecule has 1 fully saturated rings. The van der Waals surface area contributed by atoms with Crippen LogP contribution in [0.3, 0.4) is 0 Å². The van der Waals surface area contributed by atoms with Gasteiger partial charge in [0.25, 0.3) is 5.91 Å². The van der Waals surface area contributed by atoms with E-state index >= 15 is 0 Å². The number of pyridine rings is 1. The number of halogens is 6. The SMILES string of the molecule is O=C(NCc1cc(C2CC2)ncc1F)C(O)(c1ccccc1)C(F)(F)C(F)(F)F. The smallest absolute Gasteiger partial charge is 0.370 e. The topological polar surface area (TPSA) is 62.2 Å². The zero-order valence-electron chi connectivity index (χ0n) is 14.8. The average molecular weight is 418 g/mol. The maximum absolute atomic E-state index is 14.2. The van der Waals surface area contributed by atoms with Crippen molar-refractivity contribution in [2.75, 3.05) is 0 Å². The minimum Gasteiger partial charge on any atom is -0.370 e. The van der Waals surface area contributed by atoms with Crippen LogP contribution in [0.1, 0.15) is 35.6 Å². The van der Waals surface area contributed by atoms with Crippen LogP contribution in [0.15, 0.2) is 42.6 Å². The molecule has 10 heteroatoms. The van der Waals surface area contributed by atoms with E-state index in [4.69, 9.17) is 0 Å². The molecule has 0 bridgehead atoms. The van der Waals surface area contributed by atoms with Crippen LogP contribution in [0.4, 0.5) is 26.3 Å². The molecule has 0 aliphatic heterocycles. The quantitative estimate of drug-likeness (QED) is 0.702. The number of hydrogen-bond acceptors (Lipinski definition) is 3. The summed E-state index contributed by atoms with van der Waals surface area (Å²) < 4.78 is 81.3. The molecule has 4 nitrogen and oxygen atoms in total. The Kier molecular flexibility index (Phi) is 5.33. The number of nitrogens with zero attached hydrogens (tertiary/aromatic N) is 1. The molecular formula is C19H16F6N2O2. The summed E-state index contributed by atoms with van der Waals surface area (Å²) in [5.41, 5.74) is -4.79. The fourth-order valence-corrected chi connectivity index (χ4v) is 2.88. The van der Waals surface area contributed by atoms with Gasteiger partial charge in [0.2, 0.25) is 5.60 Å². The lowest BCUT2D eigenvalue weighted by Crippen LogP contribution is -2.62. The second-order valence-electron chi connectivity index (χ2n) is 6.81. The van der Waals surface area contributed by atoms with Crippen LogP contribution < -0.4 is 5.32 Å². The van der Waals surface area contributed by atoms with Crippen LogP contribution in [0.2, 0.25) is 0 Å². The minimum absolute atomic E-state index is 0.126. The van der Waals surface area contributed by atoms with E-state index in [1.54, 1.807) is 5.32 Å². The van der Waals surface area contributed by atoms with Crippen molar-refractivity contribution < 1.29 is 36.2 Å². The van der Waals surface area contributed by atoms with Gasteiger partial charge in [0.05, 0.1) is 6.20 Å². The molecule has 29 heavy (non-hydrogen) atoms. The zero-order chi connectivity index (χ0) is 21.4. The van der Waals surface area contributed by atoms with Crippen molar-refractivity contribution in [2.24, 2.45) is 0 Å². The Bertz CT molecular complexity index is 899. The highest BCUT2D eigenvalue weighted by molar-refractivity contribution is 5.87. The van der Waals surface area contributed by atoms with E-state index in [2.05, 4.69) is 4.98 Å². The van der Waals surface area contributed by atoms with Gasteiger partial charge in [0, 0.05) is 23.7 Å². The molecule has 1 aromatic carbocycles. The standard InChI is InChI=1S/C19H16F6N2O2/c20-14-10-26-15(11-6-7-11)8-12(14)9-27-16(28)17(29,13-4-2-1-3-5-13)18(21,22)19(23,24)25/h1-5,8,10-11,29H,6-7,9H2,(H,27,28). The number of carbonyl (C=O) groups excluding carboxylic acids is 1. The van der Waals surface area contributed by atoms with Crippen molar-refractivity contribution >= 4 is 5.91 Å². The van der Waals surface area contributed by atoms with Gasteiger partial charge in [-0.2, -0.15) is 22.0 Å². The maximum Gasteiger partial charge on any atom is 0.457 e. The molecule has 2 aromatic rings. The second kappa shape index (κ2) is 7.33. The number of carbonyl (C=O) groups is 1. The van der Waals surface area contributed by atoms with Gasteiger partial charge in [-0.05, 0) is 24.5 Å². The van der Waals surface area contributed by atoms with Gasteiger partial charge in [-0.1, -0.05) is 30.3 Å². The number of aliphatic hydroxyl groups is 1. The molecule has 1 atom stereocenters. The third-order valence-electron chi connectivity index (χ3n) is 4.72. The summed E-state index contributed by atoms with van der Waals surface area (Å²) in [5.74, 6) is -8.54. The Morgan fingerprint density at radius 1 is 1.14 bits per heavy atom. The summed E-state index contributed by atoms with van der Waals surface area (Å²) >= 11 is 0. The van der Waals surface area contributed by atoms with Gasteiger partial charge in [0.15, 0.2) is 0 Å². The Morgan fingerprint density at radius 3 is 2.31 bits per heavy atom. The number of amides is 1. The van der Waals surface area contributed by atoms with Gasteiger partial charge >= 0.3 is 12.1 Å². The predicted octanol–water partition coefficient (Wildman–Crippen LogP) is 3.80. The van der Waals surface area contributed by atoms with Crippen molar-refractivity contribution in [1.29, 1.82) is 0 Å². The van der Waals surface area contributed by atoms with E-state index in [1.807, 2.05) is 0 Å². The van der Waals surface area contributed by atoms with E-state index < -0.39 is 41.5 Å². The third-order valence-corrected chi connectivity index (χ3v) is 4.72. The highest BCUT2D eigenvalue weighted by atomic mass is 19.4. The van der Waals surface area contributed by atoms with Crippen LogP contribution in [0.5, 0.6) is 0 Å². The molecule has 2 N–H and O–H groups in total. The van der Waals surface area contributed by atoms with Crippen LogP contribution in [-0.2, 0) is 16.9 Å². The molecule has 1 aromatic heterocycles. The molecule has 0 saturated heterocycles. The molecule has 1 unspecified atom stereocenters. The lowest BCUT2D eigenvalue weighted by atomic mass is 9.85. The maximum atomic E-state index is 14.2. The van der Waals surface area contributed by atoms with Crippen LogP contribution in [-0.4, -0.2) is 28.1 Å². The molecule has 3 rings (SSSR count). The minimum atomic E-state index is -6.21. The van der Waals surface area contributed by atoms with Gasteiger partial charge in [-0.15, -0.1) is 0 Å². The van der Waals surface area contributed by atoms with E-state index in [9.17, 15) is 36.2 Å². The van der Waals surface area contributed by atoms with Crippen molar-refractivity contribution in [3.8, 4) is 0 Å². The van der Waals surface area contributed by atoms with Gasteiger partial charge < -0.3 is 10.4 Å². The largest absolute Gasteiger partial charge is 0.457 e. The third kappa shape index (κ3) is 3.81. The summed E-state index contributed by atoms with van der Waals surface area (Å²) in [5, 5.41) is 12.1. The second-order valence-corrected chi connectivity index (χ2v) is 6.81. The van der Waals surface area contributed by atoms with E-state index in [1.165, 1.54) is 12.1 Å². The number of rotatable bonds is 6. The van der Waals surface area contributed by atoms with Crippen LogP contribution in [0, 0.1) is 5.82 Å². The molecule has 1 aliphatic carbocycles. The van der Waals surface area contributed by atoms with Crippen molar-refractivity contribution in [3.63, 3.8) is 0 Å². The predicted molar refractivity (Wildman–Crippen MR) is 89.4 cm³/mol. The first kappa shape index (κ1) is 21.1. The van der Waals surface area contributed by atoms with Gasteiger partial charge in [-0.3, -0.25) is 9.78 Å². The number of nitrogens with one attached hydrogen (secondary N) is 1. The summed E-state index contributed by atoms with van der Waals surface area (Å²) in [6.45, 7) is -0.698. The van der Waals surface area contributed by atoms with Crippen molar-refractivity contribution in [2.45, 2.75) is 43.0 Å². The molecule has 1 aliphatic rings. The number of benzene rings is 1. The van der Waals surface area contributed by atoms with Gasteiger partial charge in [-0.25, -0.2) is 4.39 Å². The molecule has 1 amide bonds. The molecular weight excluding hydrogens is 402 g/mol. The number of alkyl halides is 5. The van der Waals surface area contributed by atoms with E-state index in [0.29, 0.717) is 5.69 Å². The summed E-state index contributed by atoms with van der Waals surface area (Å²) in [4.78, 5) is 16.3. The Labute approximate surface area is 161 Å². The molecule has 1 heterocycles. The fraction of sp³-hybridized carbons (Fsp3) is 0.368. The fourth-order valence-electron chi connectivity index (χ4n) is 2.88. The lowest BCUT2D eigenvalue weighted by Gasteiger charge is -2.35. The molecule has 0 spiro atoms. The van der Waals surface area contributed by atoms with Crippen molar-refractivity contribution in [1.82, 2.24) is 10.3 Å².